The number of Topliss-reactive ketones (excluding diaryl/α,β-unsaturated/α-hetero) is 1. The van der Waals surface area contributed by atoms with E-state index in [0.717, 1.165) is 12.0 Å². The topological polar surface area (TPSA) is 57.5 Å². The first-order valence-corrected chi connectivity index (χ1v) is 10.4. The zero-order chi connectivity index (χ0) is 21.8. The molecule has 0 amide bonds. The molecule has 0 saturated heterocycles. The minimum atomic E-state index is -1.37. The molecule has 0 bridgehead atoms. The average molecular weight is 395 g/mol. The Morgan fingerprint density at radius 1 is 0.966 bits per heavy atom. The van der Waals surface area contributed by atoms with Crippen molar-refractivity contribution in [1.29, 1.82) is 0 Å². The maximum Gasteiger partial charge on any atom is 0.193 e. The molecule has 1 atom stereocenters. The second-order valence-electron chi connectivity index (χ2n) is 10.6. The highest BCUT2D eigenvalue weighted by Crippen LogP contribution is 2.55. The Morgan fingerprint density at radius 3 is 2.07 bits per heavy atom. The monoisotopic (exact) mass is 394 g/mol. The summed E-state index contributed by atoms with van der Waals surface area (Å²) in [5.74, 6) is -0.267. The maximum atomic E-state index is 12.4. The number of rotatable bonds is 5. The lowest BCUT2D eigenvalue weighted by Gasteiger charge is -2.40. The van der Waals surface area contributed by atoms with Gasteiger partial charge in [-0.05, 0) is 61.8 Å². The van der Waals surface area contributed by atoms with E-state index in [2.05, 4.69) is 39.0 Å². The first-order valence-electron chi connectivity index (χ1n) is 10.4. The lowest BCUT2D eigenvalue weighted by Crippen LogP contribution is -2.37. The number of aliphatic hydroxyl groups is 2. The predicted molar refractivity (Wildman–Crippen MR) is 117 cm³/mol. The van der Waals surface area contributed by atoms with Crippen molar-refractivity contribution in [2.45, 2.75) is 77.9 Å². The van der Waals surface area contributed by atoms with Crippen molar-refractivity contribution < 1.29 is 15.0 Å². The lowest BCUT2D eigenvalue weighted by atomic mass is 9.63. The smallest absolute Gasteiger partial charge is 0.193 e. The van der Waals surface area contributed by atoms with Crippen LogP contribution in [-0.2, 0) is 18.3 Å². The lowest BCUT2D eigenvalue weighted by molar-refractivity contribution is 0.0488. The van der Waals surface area contributed by atoms with Gasteiger partial charge in [-0.15, -0.1) is 0 Å². The number of fused-ring (bicyclic) bond motifs is 1. The van der Waals surface area contributed by atoms with Crippen molar-refractivity contribution in [2.75, 3.05) is 0 Å². The Hall–Kier alpha value is -1.97. The van der Waals surface area contributed by atoms with Gasteiger partial charge in [0.2, 0.25) is 0 Å². The summed E-state index contributed by atoms with van der Waals surface area (Å²) in [6.45, 7) is 13.6. The third-order valence-electron chi connectivity index (χ3n) is 6.61. The molecule has 0 aliphatic heterocycles. The normalized spacial score (nSPS) is 21.1. The Labute approximate surface area is 174 Å². The van der Waals surface area contributed by atoms with Crippen LogP contribution < -0.4 is 0 Å². The van der Waals surface area contributed by atoms with E-state index in [0.29, 0.717) is 12.0 Å². The first-order chi connectivity index (χ1) is 13.1. The molecule has 0 saturated carbocycles. The van der Waals surface area contributed by atoms with Crippen LogP contribution >= 0.6 is 0 Å². The van der Waals surface area contributed by atoms with Crippen molar-refractivity contribution in [1.82, 2.24) is 0 Å². The van der Waals surface area contributed by atoms with Gasteiger partial charge in [-0.2, -0.15) is 0 Å². The number of carbonyl (C=O) groups is 1. The summed E-state index contributed by atoms with van der Waals surface area (Å²) in [6, 6.07) is 14.3. The van der Waals surface area contributed by atoms with Crippen LogP contribution in [0.25, 0.3) is 0 Å². The van der Waals surface area contributed by atoms with Gasteiger partial charge in [0.25, 0.3) is 0 Å². The summed E-state index contributed by atoms with van der Waals surface area (Å²) >= 11 is 0. The fourth-order valence-electron chi connectivity index (χ4n) is 4.76. The molecule has 2 N–H and O–H groups in total. The minimum absolute atomic E-state index is 0.00443. The Balaban J connectivity index is 2.02. The molecular weight excluding hydrogens is 360 g/mol. The molecule has 1 aliphatic carbocycles. The van der Waals surface area contributed by atoms with Crippen LogP contribution in [0.5, 0.6) is 0 Å². The summed E-state index contributed by atoms with van der Waals surface area (Å²) in [4.78, 5) is 12.4. The fourth-order valence-corrected chi connectivity index (χ4v) is 4.76. The van der Waals surface area contributed by atoms with Crippen LogP contribution in [0.2, 0.25) is 0 Å². The van der Waals surface area contributed by atoms with Crippen LogP contribution in [0.1, 0.15) is 81.1 Å². The van der Waals surface area contributed by atoms with Crippen LogP contribution in [-0.4, -0.2) is 27.2 Å². The molecule has 0 aromatic heterocycles. The van der Waals surface area contributed by atoms with E-state index in [1.54, 1.807) is 0 Å². The largest absolute Gasteiger partial charge is 0.390 e. The average Bonchev–Trinajstić information content (AvgIpc) is 2.78. The van der Waals surface area contributed by atoms with E-state index in [1.165, 1.54) is 30.5 Å². The molecule has 2 aromatic rings. The van der Waals surface area contributed by atoms with E-state index in [1.807, 2.05) is 38.1 Å². The van der Waals surface area contributed by atoms with Crippen molar-refractivity contribution in [3.63, 3.8) is 0 Å². The summed E-state index contributed by atoms with van der Waals surface area (Å²) in [5.41, 5.74) is 3.21. The standard InChI is InChI=1S/C26H34O3/c1-23(2)16-19-14-17(15-24(3,4)28)8-13-21(19)26(23,7)20-11-9-18(10-12-20)22(27)25(5,6)29/h8-14,28-29H,15-16H2,1-7H3. The Morgan fingerprint density at radius 2 is 1.55 bits per heavy atom. The van der Waals surface area contributed by atoms with E-state index in [-0.39, 0.29) is 16.6 Å². The highest BCUT2D eigenvalue weighted by molar-refractivity contribution is 6.01. The van der Waals surface area contributed by atoms with E-state index in [4.69, 9.17) is 0 Å². The minimum Gasteiger partial charge on any atom is -0.390 e. The van der Waals surface area contributed by atoms with Gasteiger partial charge in [-0.3, -0.25) is 4.79 Å². The van der Waals surface area contributed by atoms with Gasteiger partial charge >= 0.3 is 0 Å². The van der Waals surface area contributed by atoms with Gasteiger partial charge in [0.05, 0.1) is 5.60 Å². The van der Waals surface area contributed by atoms with Crippen molar-refractivity contribution in [2.24, 2.45) is 5.41 Å². The predicted octanol–water partition coefficient (Wildman–Crippen LogP) is 4.84. The first kappa shape index (κ1) is 21.7. The molecule has 3 nitrogen and oxygen atoms in total. The SMILES string of the molecule is CC(C)(O)Cc1ccc2c(c1)CC(C)(C)C2(C)c1ccc(C(=O)C(C)(C)O)cc1. The van der Waals surface area contributed by atoms with E-state index in [9.17, 15) is 15.0 Å². The highest BCUT2D eigenvalue weighted by Gasteiger charge is 2.50. The third-order valence-corrected chi connectivity index (χ3v) is 6.61. The third kappa shape index (κ3) is 3.91. The van der Waals surface area contributed by atoms with Crippen molar-refractivity contribution in [3.8, 4) is 0 Å². The second kappa shape index (κ2) is 6.78. The van der Waals surface area contributed by atoms with Crippen LogP contribution in [0.3, 0.4) is 0 Å². The van der Waals surface area contributed by atoms with E-state index < -0.39 is 11.2 Å². The fraction of sp³-hybridized carbons (Fsp3) is 0.500. The van der Waals surface area contributed by atoms with Crippen molar-refractivity contribution >= 4 is 5.78 Å². The summed E-state index contributed by atoms with van der Waals surface area (Å²) < 4.78 is 0. The van der Waals surface area contributed by atoms with E-state index >= 15 is 0 Å². The summed E-state index contributed by atoms with van der Waals surface area (Å²) in [7, 11) is 0. The van der Waals surface area contributed by atoms with Gasteiger partial charge in [0.1, 0.15) is 5.60 Å². The summed E-state index contributed by atoms with van der Waals surface area (Å²) in [6.07, 6.45) is 1.59. The molecule has 156 valence electrons. The van der Waals surface area contributed by atoms with Gasteiger partial charge in [-0.1, -0.05) is 63.2 Å². The van der Waals surface area contributed by atoms with Crippen LogP contribution in [0, 0.1) is 5.41 Å². The van der Waals surface area contributed by atoms with Crippen molar-refractivity contribution in [3.05, 3.63) is 70.3 Å². The zero-order valence-corrected chi connectivity index (χ0v) is 18.8. The Bertz CT molecular complexity index is 924. The maximum absolute atomic E-state index is 12.4. The molecule has 2 aromatic carbocycles. The molecular formula is C26H34O3. The molecule has 1 aliphatic rings. The molecule has 0 fully saturated rings. The second-order valence-corrected chi connectivity index (χ2v) is 10.6. The zero-order valence-electron chi connectivity index (χ0n) is 18.8. The molecule has 3 heteroatoms. The molecule has 3 rings (SSSR count). The quantitative estimate of drug-likeness (QED) is 0.713. The Kier molecular flexibility index (Phi) is 5.08. The molecule has 0 heterocycles. The van der Waals surface area contributed by atoms with Gasteiger partial charge in [0.15, 0.2) is 5.78 Å². The number of benzene rings is 2. The number of hydrogen-bond acceptors (Lipinski definition) is 3. The number of carbonyl (C=O) groups excluding carboxylic acids is 1. The van der Waals surface area contributed by atoms with Crippen LogP contribution in [0.15, 0.2) is 42.5 Å². The molecule has 0 radical (unpaired) electrons. The number of ketones is 1. The van der Waals surface area contributed by atoms with Gasteiger partial charge in [-0.25, -0.2) is 0 Å². The van der Waals surface area contributed by atoms with Gasteiger partial charge in [0, 0.05) is 17.4 Å². The number of hydrogen-bond donors (Lipinski definition) is 2. The van der Waals surface area contributed by atoms with Gasteiger partial charge < -0.3 is 10.2 Å². The molecule has 29 heavy (non-hydrogen) atoms. The highest BCUT2D eigenvalue weighted by atomic mass is 16.3. The molecule has 0 spiro atoms. The molecule has 1 unspecified atom stereocenters. The summed E-state index contributed by atoms with van der Waals surface area (Å²) in [5, 5.41) is 20.2. The van der Waals surface area contributed by atoms with Crippen LogP contribution in [0.4, 0.5) is 0 Å².